The van der Waals surface area contributed by atoms with Crippen molar-refractivity contribution in [2.75, 3.05) is 20.1 Å². The van der Waals surface area contributed by atoms with Crippen LogP contribution in [0.3, 0.4) is 0 Å². The lowest BCUT2D eigenvalue weighted by molar-refractivity contribution is -0.147. The number of hydrogen-bond donors (Lipinski definition) is 1. The first-order chi connectivity index (χ1) is 19.1. The smallest absolute Gasteiger partial charge is 0.228 e. The Labute approximate surface area is 233 Å². The zero-order valence-corrected chi connectivity index (χ0v) is 23.2. The maximum absolute atomic E-state index is 15.1. The summed E-state index contributed by atoms with van der Waals surface area (Å²) in [7, 11) is 1.66. The minimum atomic E-state index is -0.527. The summed E-state index contributed by atoms with van der Waals surface area (Å²) in [6, 6.07) is 16.2. The molecule has 40 heavy (non-hydrogen) atoms. The van der Waals surface area contributed by atoms with Crippen LogP contribution in [0.1, 0.15) is 43.9 Å². The summed E-state index contributed by atoms with van der Waals surface area (Å²) in [4.78, 5) is 23.2. The van der Waals surface area contributed by atoms with E-state index < -0.39 is 11.2 Å². The Kier molecular flexibility index (Phi) is 8.78. The van der Waals surface area contributed by atoms with Gasteiger partial charge in [0.15, 0.2) is 0 Å². The predicted molar refractivity (Wildman–Crippen MR) is 150 cm³/mol. The number of amidine groups is 1. The standard InChI is InChI=1S/C31H33F2N5O2/c1-31(2,3)30(39)38-13-12-24(38)18-36-28(35-4)16-21-10-11-22(15-26(21)33)27-6-5-7-29(37-27)40-19-23-9-8-20(17-34)14-25(23)32/h5-11,14-15,24H,12-13,16,18-19H2,1-4H3,(H,35,36)/t24-/m1/s1. The van der Waals surface area contributed by atoms with Crippen molar-refractivity contribution in [1.82, 2.24) is 15.2 Å². The third-order valence-electron chi connectivity index (χ3n) is 6.85. The lowest BCUT2D eigenvalue weighted by atomic mass is 9.90. The lowest BCUT2D eigenvalue weighted by Gasteiger charge is -2.44. The molecule has 2 heterocycles. The molecule has 0 saturated carbocycles. The minimum absolute atomic E-state index is 0.0591. The van der Waals surface area contributed by atoms with Gasteiger partial charge < -0.3 is 15.0 Å². The van der Waals surface area contributed by atoms with E-state index >= 15 is 4.39 Å². The van der Waals surface area contributed by atoms with Crippen LogP contribution in [0.4, 0.5) is 8.78 Å². The number of halogens is 2. The zero-order chi connectivity index (χ0) is 28.9. The number of likely N-dealkylation sites (tertiary alicyclic amines) is 1. The summed E-state index contributed by atoms with van der Waals surface area (Å²) < 4.78 is 34.9. The molecule has 1 saturated heterocycles. The van der Waals surface area contributed by atoms with E-state index in [9.17, 15) is 9.18 Å². The molecule has 2 aromatic carbocycles. The topological polar surface area (TPSA) is 90.6 Å². The minimum Gasteiger partial charge on any atom is -0.473 e. The third kappa shape index (κ3) is 6.81. The summed E-state index contributed by atoms with van der Waals surface area (Å²) in [5.74, 6) is 0.129. The molecule has 1 aliphatic heterocycles. The van der Waals surface area contributed by atoms with E-state index in [1.165, 1.54) is 18.2 Å². The number of nitrogens with one attached hydrogen (secondary N) is 1. The van der Waals surface area contributed by atoms with Crippen LogP contribution in [-0.4, -0.2) is 47.8 Å². The van der Waals surface area contributed by atoms with Crippen molar-refractivity contribution in [2.45, 2.75) is 46.3 Å². The molecule has 1 atom stereocenters. The van der Waals surface area contributed by atoms with Crippen molar-refractivity contribution in [3.63, 3.8) is 0 Å². The van der Waals surface area contributed by atoms with Gasteiger partial charge in [-0.2, -0.15) is 5.26 Å². The fourth-order valence-corrected chi connectivity index (χ4v) is 4.38. The molecular weight excluding hydrogens is 512 g/mol. The molecule has 1 aliphatic rings. The van der Waals surface area contributed by atoms with E-state index in [0.29, 0.717) is 34.8 Å². The van der Waals surface area contributed by atoms with E-state index in [1.807, 2.05) is 31.7 Å². The highest BCUT2D eigenvalue weighted by atomic mass is 19.1. The molecule has 1 aromatic heterocycles. The Morgan fingerprint density at radius 1 is 1.15 bits per heavy atom. The molecule has 4 rings (SSSR count). The number of nitrogens with zero attached hydrogens (tertiary/aromatic N) is 4. The number of benzene rings is 2. The largest absolute Gasteiger partial charge is 0.473 e. The highest BCUT2D eigenvalue weighted by molar-refractivity contribution is 5.85. The fourth-order valence-electron chi connectivity index (χ4n) is 4.38. The quantitative estimate of drug-likeness (QED) is 0.307. The Morgan fingerprint density at radius 3 is 2.52 bits per heavy atom. The van der Waals surface area contributed by atoms with Crippen LogP contribution < -0.4 is 10.1 Å². The molecule has 0 spiro atoms. The van der Waals surface area contributed by atoms with Crippen LogP contribution in [0.2, 0.25) is 0 Å². The van der Waals surface area contributed by atoms with Gasteiger partial charge >= 0.3 is 0 Å². The highest BCUT2D eigenvalue weighted by Gasteiger charge is 2.37. The van der Waals surface area contributed by atoms with Gasteiger partial charge in [-0.3, -0.25) is 9.79 Å². The van der Waals surface area contributed by atoms with Gasteiger partial charge in [0.25, 0.3) is 0 Å². The van der Waals surface area contributed by atoms with Gasteiger partial charge in [-0.05, 0) is 36.2 Å². The molecule has 0 aliphatic carbocycles. The Balaban J connectivity index is 1.37. The zero-order valence-electron chi connectivity index (χ0n) is 23.2. The highest BCUT2D eigenvalue weighted by Crippen LogP contribution is 2.26. The van der Waals surface area contributed by atoms with Gasteiger partial charge in [0.2, 0.25) is 11.8 Å². The molecule has 1 N–H and O–H groups in total. The van der Waals surface area contributed by atoms with Crippen molar-refractivity contribution in [3.8, 4) is 23.2 Å². The molecule has 0 bridgehead atoms. The number of rotatable bonds is 8. The monoisotopic (exact) mass is 545 g/mol. The molecule has 7 nitrogen and oxygen atoms in total. The second-order valence-corrected chi connectivity index (χ2v) is 10.8. The van der Waals surface area contributed by atoms with Crippen LogP contribution >= 0.6 is 0 Å². The van der Waals surface area contributed by atoms with Crippen molar-refractivity contribution >= 4 is 11.7 Å². The van der Waals surface area contributed by atoms with Crippen molar-refractivity contribution < 1.29 is 18.3 Å². The molecule has 3 aromatic rings. The van der Waals surface area contributed by atoms with E-state index in [-0.39, 0.29) is 42.2 Å². The van der Waals surface area contributed by atoms with E-state index in [4.69, 9.17) is 10.00 Å². The number of aliphatic imine (C=N–C) groups is 1. The first-order valence-corrected chi connectivity index (χ1v) is 13.2. The summed E-state index contributed by atoms with van der Waals surface area (Å²) in [6.07, 6.45) is 1.21. The molecule has 0 unspecified atom stereocenters. The fraction of sp³-hybridized carbons (Fsp3) is 0.355. The summed E-state index contributed by atoms with van der Waals surface area (Å²) in [5.41, 5.74) is 1.68. The molecule has 208 valence electrons. The molecule has 9 heteroatoms. The average molecular weight is 546 g/mol. The van der Waals surface area contributed by atoms with Gasteiger partial charge in [0.05, 0.1) is 23.4 Å². The number of carbonyl (C=O) groups is 1. The molecule has 1 amide bonds. The first kappa shape index (κ1) is 28.7. The van der Waals surface area contributed by atoms with Crippen molar-refractivity contribution in [1.29, 1.82) is 5.26 Å². The van der Waals surface area contributed by atoms with Crippen LogP contribution in [-0.2, 0) is 17.8 Å². The van der Waals surface area contributed by atoms with Gasteiger partial charge in [-0.1, -0.05) is 45.0 Å². The second kappa shape index (κ2) is 12.2. The summed E-state index contributed by atoms with van der Waals surface area (Å²) in [5, 5.41) is 12.2. The van der Waals surface area contributed by atoms with Crippen LogP contribution in [0, 0.1) is 28.4 Å². The first-order valence-electron chi connectivity index (χ1n) is 13.2. The van der Waals surface area contributed by atoms with Crippen LogP contribution in [0.15, 0.2) is 59.6 Å². The van der Waals surface area contributed by atoms with Gasteiger partial charge in [0.1, 0.15) is 24.1 Å². The number of amides is 1. The normalized spacial score (nSPS) is 15.3. The number of nitriles is 1. The van der Waals surface area contributed by atoms with Gasteiger partial charge in [-0.25, -0.2) is 13.8 Å². The number of carbonyl (C=O) groups excluding carboxylic acids is 1. The Bertz CT molecular complexity index is 1460. The molecular formula is C31H33F2N5O2. The predicted octanol–water partition coefficient (Wildman–Crippen LogP) is 5.28. The lowest BCUT2D eigenvalue weighted by Crippen LogP contribution is -2.58. The van der Waals surface area contributed by atoms with Crippen molar-refractivity contribution in [3.05, 3.63) is 82.9 Å². The number of aromatic nitrogens is 1. The van der Waals surface area contributed by atoms with E-state index in [0.717, 1.165) is 19.0 Å². The number of pyridine rings is 1. The number of hydrogen-bond acceptors (Lipinski definition) is 5. The average Bonchev–Trinajstić information content (AvgIpc) is 2.91. The van der Waals surface area contributed by atoms with Crippen LogP contribution in [0.5, 0.6) is 5.88 Å². The Morgan fingerprint density at radius 2 is 1.90 bits per heavy atom. The van der Waals surface area contributed by atoms with Gasteiger partial charge in [0, 0.05) is 49.2 Å². The SMILES string of the molecule is C/N=C(/Cc1ccc(-c2cccc(OCc3ccc(C#N)cc3F)n2)cc1F)NC[C@H]1CCN1C(=O)C(C)(C)C. The summed E-state index contributed by atoms with van der Waals surface area (Å²) in [6.45, 7) is 7.01. The van der Waals surface area contributed by atoms with E-state index in [1.54, 1.807) is 37.4 Å². The second-order valence-electron chi connectivity index (χ2n) is 10.8. The van der Waals surface area contributed by atoms with Gasteiger partial charge in [-0.15, -0.1) is 0 Å². The maximum atomic E-state index is 15.1. The third-order valence-corrected chi connectivity index (χ3v) is 6.85. The van der Waals surface area contributed by atoms with Crippen LogP contribution in [0.25, 0.3) is 11.3 Å². The van der Waals surface area contributed by atoms with E-state index in [2.05, 4.69) is 15.3 Å². The Hall–Kier alpha value is -4.32. The van der Waals surface area contributed by atoms with Crippen molar-refractivity contribution in [2.24, 2.45) is 10.4 Å². The number of ether oxygens (including phenoxy) is 1. The summed E-state index contributed by atoms with van der Waals surface area (Å²) >= 11 is 0. The maximum Gasteiger partial charge on any atom is 0.228 e. The molecule has 1 fully saturated rings. The molecule has 0 radical (unpaired) electrons.